The summed E-state index contributed by atoms with van der Waals surface area (Å²) in [6.45, 7) is 1.43. The SMILES string of the molecule is COc1ccc(CCNC(N)=NCC(=O)NCC2CC2)cc1OC.I. The number of carbonyl (C=O) groups is 1. The Balaban J connectivity index is 0.00000312. The molecule has 0 spiro atoms. The maximum absolute atomic E-state index is 11.6. The second-order valence-corrected chi connectivity index (χ2v) is 5.82. The Labute approximate surface area is 165 Å². The molecule has 0 saturated heterocycles. The van der Waals surface area contributed by atoms with Crippen molar-refractivity contribution < 1.29 is 14.3 Å². The van der Waals surface area contributed by atoms with Crippen molar-refractivity contribution in [2.24, 2.45) is 16.6 Å². The highest BCUT2D eigenvalue weighted by atomic mass is 127. The first-order valence-electron chi connectivity index (χ1n) is 8.13. The standard InChI is InChI=1S/C17H26N4O3.HI/c1-23-14-6-5-12(9-15(14)24-2)7-8-19-17(18)21-11-16(22)20-10-13-3-4-13;/h5-6,9,13H,3-4,7-8,10-11H2,1-2H3,(H,20,22)(H3,18,19,21);1H. The number of hydrogen-bond acceptors (Lipinski definition) is 4. The number of aliphatic imine (C=N–C) groups is 1. The molecule has 0 heterocycles. The van der Waals surface area contributed by atoms with Crippen LogP contribution in [0.2, 0.25) is 0 Å². The molecule has 2 rings (SSSR count). The number of ether oxygens (including phenoxy) is 2. The van der Waals surface area contributed by atoms with E-state index in [9.17, 15) is 4.79 Å². The van der Waals surface area contributed by atoms with Crippen LogP contribution in [0, 0.1) is 5.92 Å². The maximum atomic E-state index is 11.6. The Morgan fingerprint density at radius 2 is 1.96 bits per heavy atom. The number of nitrogens with one attached hydrogen (secondary N) is 2. The lowest BCUT2D eigenvalue weighted by Crippen LogP contribution is -2.35. The van der Waals surface area contributed by atoms with E-state index in [1.165, 1.54) is 12.8 Å². The highest BCUT2D eigenvalue weighted by Crippen LogP contribution is 2.28. The van der Waals surface area contributed by atoms with E-state index in [4.69, 9.17) is 15.2 Å². The molecule has 8 heteroatoms. The number of rotatable bonds is 9. The number of halogens is 1. The quantitative estimate of drug-likeness (QED) is 0.292. The lowest BCUT2D eigenvalue weighted by atomic mass is 10.1. The van der Waals surface area contributed by atoms with Crippen molar-refractivity contribution >= 4 is 35.8 Å². The fourth-order valence-electron chi connectivity index (χ4n) is 2.22. The van der Waals surface area contributed by atoms with Gasteiger partial charge in [-0.15, -0.1) is 24.0 Å². The number of nitrogens with zero attached hydrogens (tertiary/aromatic N) is 1. The van der Waals surface area contributed by atoms with Crippen LogP contribution in [0.1, 0.15) is 18.4 Å². The Hall–Kier alpha value is -1.71. The van der Waals surface area contributed by atoms with E-state index in [0.29, 0.717) is 24.0 Å². The van der Waals surface area contributed by atoms with E-state index in [2.05, 4.69) is 15.6 Å². The number of carbonyl (C=O) groups excluding carboxylic acids is 1. The maximum Gasteiger partial charge on any atom is 0.241 e. The van der Waals surface area contributed by atoms with Gasteiger partial charge in [-0.2, -0.15) is 0 Å². The summed E-state index contributed by atoms with van der Waals surface area (Å²) in [7, 11) is 3.22. The van der Waals surface area contributed by atoms with E-state index in [1.807, 2.05) is 18.2 Å². The Bertz CT molecular complexity index is 591. The molecule has 0 aromatic heterocycles. The molecule has 25 heavy (non-hydrogen) atoms. The van der Waals surface area contributed by atoms with Crippen LogP contribution in [-0.2, 0) is 11.2 Å². The van der Waals surface area contributed by atoms with Crippen molar-refractivity contribution in [2.45, 2.75) is 19.3 Å². The van der Waals surface area contributed by atoms with Gasteiger partial charge in [-0.05, 0) is 42.9 Å². The number of hydrogen-bond donors (Lipinski definition) is 3. The minimum absolute atomic E-state index is 0. The van der Waals surface area contributed by atoms with Crippen molar-refractivity contribution in [3.8, 4) is 11.5 Å². The van der Waals surface area contributed by atoms with Crippen molar-refractivity contribution in [3.05, 3.63) is 23.8 Å². The molecule has 1 aliphatic carbocycles. The van der Waals surface area contributed by atoms with Gasteiger partial charge in [0.1, 0.15) is 6.54 Å². The molecular formula is C17H27IN4O3. The average molecular weight is 462 g/mol. The molecule has 1 fully saturated rings. The van der Waals surface area contributed by atoms with E-state index in [1.54, 1.807) is 14.2 Å². The van der Waals surface area contributed by atoms with E-state index in [-0.39, 0.29) is 42.4 Å². The molecule has 1 amide bonds. The molecule has 1 saturated carbocycles. The number of nitrogens with two attached hydrogens (primary N) is 1. The molecular weight excluding hydrogens is 435 g/mol. The summed E-state index contributed by atoms with van der Waals surface area (Å²) in [4.78, 5) is 15.6. The summed E-state index contributed by atoms with van der Waals surface area (Å²) in [5, 5.41) is 5.86. The van der Waals surface area contributed by atoms with Gasteiger partial charge in [-0.3, -0.25) is 4.79 Å². The topological polar surface area (TPSA) is 98.0 Å². The van der Waals surface area contributed by atoms with Crippen LogP contribution in [0.15, 0.2) is 23.2 Å². The molecule has 7 nitrogen and oxygen atoms in total. The molecule has 0 atom stereocenters. The lowest BCUT2D eigenvalue weighted by molar-refractivity contribution is -0.119. The third-order valence-electron chi connectivity index (χ3n) is 3.85. The molecule has 1 aliphatic rings. The number of benzene rings is 1. The van der Waals surface area contributed by atoms with Crippen molar-refractivity contribution in [1.29, 1.82) is 0 Å². The third kappa shape index (κ3) is 7.80. The number of amides is 1. The fraction of sp³-hybridized carbons (Fsp3) is 0.529. The fourth-order valence-corrected chi connectivity index (χ4v) is 2.22. The summed E-state index contributed by atoms with van der Waals surface area (Å²) in [5.41, 5.74) is 6.86. The van der Waals surface area contributed by atoms with Gasteiger partial charge in [0.15, 0.2) is 17.5 Å². The zero-order valence-electron chi connectivity index (χ0n) is 14.7. The first-order chi connectivity index (χ1) is 11.6. The summed E-state index contributed by atoms with van der Waals surface area (Å²) in [6, 6.07) is 5.77. The molecule has 0 radical (unpaired) electrons. The first kappa shape index (κ1) is 21.3. The van der Waals surface area contributed by atoms with Crippen LogP contribution in [0.25, 0.3) is 0 Å². The van der Waals surface area contributed by atoms with Crippen LogP contribution < -0.4 is 25.8 Å². The third-order valence-corrected chi connectivity index (χ3v) is 3.85. The Morgan fingerprint density at radius 1 is 1.24 bits per heavy atom. The molecule has 140 valence electrons. The second kappa shape index (κ2) is 11.0. The second-order valence-electron chi connectivity index (χ2n) is 5.82. The lowest BCUT2D eigenvalue weighted by Gasteiger charge is -2.10. The van der Waals surface area contributed by atoms with Crippen LogP contribution in [0.3, 0.4) is 0 Å². The summed E-state index contributed by atoms with van der Waals surface area (Å²) < 4.78 is 10.5. The predicted octanol–water partition coefficient (Wildman–Crippen LogP) is 1.29. The van der Waals surface area contributed by atoms with E-state index in [0.717, 1.165) is 18.5 Å². The van der Waals surface area contributed by atoms with E-state index >= 15 is 0 Å². The smallest absolute Gasteiger partial charge is 0.241 e. The van der Waals surface area contributed by atoms with Crippen molar-refractivity contribution in [2.75, 3.05) is 33.9 Å². The number of methoxy groups -OCH3 is 2. The van der Waals surface area contributed by atoms with Gasteiger partial charge in [0.25, 0.3) is 0 Å². The van der Waals surface area contributed by atoms with Crippen LogP contribution in [-0.4, -0.2) is 45.7 Å². The van der Waals surface area contributed by atoms with Crippen LogP contribution in [0.4, 0.5) is 0 Å². The van der Waals surface area contributed by atoms with Crippen LogP contribution in [0.5, 0.6) is 11.5 Å². The van der Waals surface area contributed by atoms with Gasteiger partial charge in [-0.1, -0.05) is 6.07 Å². The average Bonchev–Trinajstić information content (AvgIpc) is 3.42. The summed E-state index contributed by atoms with van der Waals surface area (Å²) >= 11 is 0. The Morgan fingerprint density at radius 3 is 2.60 bits per heavy atom. The van der Waals surface area contributed by atoms with Gasteiger partial charge in [0.2, 0.25) is 5.91 Å². The van der Waals surface area contributed by atoms with Gasteiger partial charge in [0, 0.05) is 13.1 Å². The van der Waals surface area contributed by atoms with Gasteiger partial charge >= 0.3 is 0 Å². The molecule has 1 aromatic carbocycles. The zero-order valence-corrected chi connectivity index (χ0v) is 17.0. The zero-order chi connectivity index (χ0) is 17.4. The molecule has 1 aromatic rings. The minimum atomic E-state index is -0.0912. The molecule has 0 aliphatic heterocycles. The number of guanidine groups is 1. The summed E-state index contributed by atoms with van der Waals surface area (Å²) in [6.07, 6.45) is 3.18. The molecule has 4 N–H and O–H groups in total. The Kier molecular flexibility index (Phi) is 9.40. The van der Waals surface area contributed by atoms with E-state index < -0.39 is 0 Å². The molecule has 0 unspecified atom stereocenters. The molecule has 0 bridgehead atoms. The summed E-state index contributed by atoms with van der Waals surface area (Å²) in [5.74, 6) is 2.25. The van der Waals surface area contributed by atoms with Crippen molar-refractivity contribution in [3.63, 3.8) is 0 Å². The normalized spacial score (nSPS) is 13.6. The first-order valence-corrected chi connectivity index (χ1v) is 8.13. The largest absolute Gasteiger partial charge is 0.493 e. The highest BCUT2D eigenvalue weighted by Gasteiger charge is 2.21. The van der Waals surface area contributed by atoms with Gasteiger partial charge in [-0.25, -0.2) is 4.99 Å². The predicted molar refractivity (Wildman–Crippen MR) is 109 cm³/mol. The monoisotopic (exact) mass is 462 g/mol. The minimum Gasteiger partial charge on any atom is -0.493 e. The van der Waals surface area contributed by atoms with Crippen LogP contribution >= 0.6 is 24.0 Å². The van der Waals surface area contributed by atoms with Crippen molar-refractivity contribution in [1.82, 2.24) is 10.6 Å². The van der Waals surface area contributed by atoms with Gasteiger partial charge in [0.05, 0.1) is 14.2 Å². The van der Waals surface area contributed by atoms with Gasteiger partial charge < -0.3 is 25.8 Å². The highest BCUT2D eigenvalue weighted by molar-refractivity contribution is 14.0.